The molecule has 0 bridgehead atoms. The largest absolute Gasteiger partial charge is 0.353 e. The Bertz CT molecular complexity index is 1420. The zero-order valence-corrected chi connectivity index (χ0v) is 16.8. The van der Waals surface area contributed by atoms with Gasteiger partial charge in [0.05, 0.1) is 10.9 Å². The van der Waals surface area contributed by atoms with Gasteiger partial charge in [-0.15, -0.1) is 15.3 Å². The molecule has 5 rings (SSSR count). The summed E-state index contributed by atoms with van der Waals surface area (Å²) < 4.78 is 2.74. The summed E-state index contributed by atoms with van der Waals surface area (Å²) in [5, 5.41) is 15.7. The van der Waals surface area contributed by atoms with Crippen molar-refractivity contribution >= 4 is 28.3 Å². The standard InChI is InChI=1S/C20H20N8O3/c1-2-27-19(30)14-4-3-12(9-15(14)23-20(27)31)18(29)22-13-7-8-26(10-13)17-6-5-16-24-21-11-28(16)25-17/h3-6,9,11,13H,2,7-8,10H2,1H3,(H,22,29)(H,23,31). The number of aromatic amines is 1. The van der Waals surface area contributed by atoms with Crippen LogP contribution in [0, 0.1) is 0 Å². The molecule has 4 heterocycles. The number of hydrogen-bond acceptors (Lipinski definition) is 7. The Hall–Kier alpha value is -4.02. The van der Waals surface area contributed by atoms with Gasteiger partial charge in [-0.05, 0) is 43.7 Å². The number of fused-ring (bicyclic) bond motifs is 2. The molecular weight excluding hydrogens is 400 g/mol. The topological polar surface area (TPSA) is 130 Å². The van der Waals surface area contributed by atoms with E-state index in [1.54, 1.807) is 36.0 Å². The van der Waals surface area contributed by atoms with Crippen molar-refractivity contribution in [2.45, 2.75) is 25.9 Å². The molecule has 1 aliphatic heterocycles. The van der Waals surface area contributed by atoms with Crippen LogP contribution in [0.2, 0.25) is 0 Å². The van der Waals surface area contributed by atoms with Gasteiger partial charge in [0.1, 0.15) is 12.1 Å². The van der Waals surface area contributed by atoms with Gasteiger partial charge >= 0.3 is 5.69 Å². The van der Waals surface area contributed by atoms with Crippen LogP contribution in [0.15, 0.2) is 46.2 Å². The first-order chi connectivity index (χ1) is 15.0. The fourth-order valence-corrected chi connectivity index (χ4v) is 3.92. The lowest BCUT2D eigenvalue weighted by atomic mass is 10.1. The zero-order valence-electron chi connectivity index (χ0n) is 16.8. The van der Waals surface area contributed by atoms with Crippen LogP contribution in [-0.4, -0.2) is 54.4 Å². The second-order valence-electron chi connectivity index (χ2n) is 7.47. The number of rotatable bonds is 4. The molecule has 1 saturated heterocycles. The number of anilines is 1. The summed E-state index contributed by atoms with van der Waals surface area (Å²) in [5.41, 5.74) is 0.567. The molecule has 31 heavy (non-hydrogen) atoms. The van der Waals surface area contributed by atoms with E-state index in [1.807, 2.05) is 12.1 Å². The van der Waals surface area contributed by atoms with Crippen LogP contribution in [0.25, 0.3) is 16.6 Å². The number of aromatic nitrogens is 6. The summed E-state index contributed by atoms with van der Waals surface area (Å²) in [7, 11) is 0. The van der Waals surface area contributed by atoms with Crippen molar-refractivity contribution in [3.63, 3.8) is 0 Å². The fourth-order valence-electron chi connectivity index (χ4n) is 3.92. The minimum atomic E-state index is -0.485. The molecule has 3 aromatic heterocycles. The molecule has 11 heteroatoms. The fraction of sp³-hybridized carbons (Fsp3) is 0.300. The zero-order chi connectivity index (χ0) is 21.5. The molecule has 1 aliphatic rings. The Labute approximate surface area is 175 Å². The Morgan fingerprint density at radius 2 is 2.13 bits per heavy atom. The van der Waals surface area contributed by atoms with Crippen LogP contribution in [0.1, 0.15) is 23.7 Å². The number of amides is 1. The molecule has 0 radical (unpaired) electrons. The number of nitrogens with one attached hydrogen (secondary N) is 2. The smallest absolute Gasteiger partial charge is 0.328 e. The van der Waals surface area contributed by atoms with Gasteiger partial charge in [-0.3, -0.25) is 14.2 Å². The summed E-state index contributed by atoms with van der Waals surface area (Å²) in [4.78, 5) is 42.0. The summed E-state index contributed by atoms with van der Waals surface area (Å²) in [5.74, 6) is 0.538. The predicted molar refractivity (Wildman–Crippen MR) is 113 cm³/mol. The van der Waals surface area contributed by atoms with Gasteiger partial charge in [0, 0.05) is 31.2 Å². The molecule has 0 aliphatic carbocycles. The van der Waals surface area contributed by atoms with Gasteiger partial charge in [0.15, 0.2) is 5.65 Å². The van der Waals surface area contributed by atoms with Gasteiger partial charge in [-0.25, -0.2) is 4.79 Å². The quantitative estimate of drug-likeness (QED) is 0.481. The Balaban J connectivity index is 1.32. The molecule has 11 nitrogen and oxygen atoms in total. The van der Waals surface area contributed by atoms with Crippen molar-refractivity contribution < 1.29 is 4.79 Å². The number of carbonyl (C=O) groups is 1. The van der Waals surface area contributed by atoms with E-state index < -0.39 is 5.69 Å². The molecule has 1 unspecified atom stereocenters. The Morgan fingerprint density at radius 3 is 2.97 bits per heavy atom. The third-order valence-electron chi connectivity index (χ3n) is 5.56. The van der Waals surface area contributed by atoms with Gasteiger partial charge in [-0.2, -0.15) is 4.52 Å². The number of carbonyl (C=O) groups excluding carboxylic acids is 1. The van der Waals surface area contributed by atoms with Gasteiger partial charge < -0.3 is 15.2 Å². The molecule has 4 aromatic rings. The van der Waals surface area contributed by atoms with Crippen LogP contribution < -0.4 is 21.5 Å². The highest BCUT2D eigenvalue weighted by Crippen LogP contribution is 2.19. The summed E-state index contributed by atoms with van der Waals surface area (Å²) in [6.45, 7) is 3.39. The first kappa shape index (κ1) is 19.0. The van der Waals surface area contributed by atoms with E-state index in [0.29, 0.717) is 28.7 Å². The summed E-state index contributed by atoms with van der Waals surface area (Å²) in [6.07, 6.45) is 2.33. The minimum Gasteiger partial charge on any atom is -0.353 e. The average Bonchev–Trinajstić information content (AvgIpc) is 3.42. The molecule has 158 valence electrons. The molecule has 1 atom stereocenters. The molecule has 0 saturated carbocycles. The molecule has 0 spiro atoms. The van der Waals surface area contributed by atoms with E-state index in [2.05, 4.69) is 30.5 Å². The van der Waals surface area contributed by atoms with Crippen molar-refractivity contribution in [1.29, 1.82) is 0 Å². The lowest BCUT2D eigenvalue weighted by Gasteiger charge is -2.18. The van der Waals surface area contributed by atoms with E-state index in [0.717, 1.165) is 23.4 Å². The van der Waals surface area contributed by atoms with E-state index in [9.17, 15) is 14.4 Å². The van der Waals surface area contributed by atoms with E-state index in [1.165, 1.54) is 0 Å². The molecule has 1 aromatic carbocycles. The highest BCUT2D eigenvalue weighted by atomic mass is 16.2. The third kappa shape index (κ3) is 3.33. The first-order valence-electron chi connectivity index (χ1n) is 10.0. The number of benzene rings is 1. The van der Waals surface area contributed by atoms with E-state index in [-0.39, 0.29) is 24.1 Å². The normalized spacial score (nSPS) is 16.3. The molecule has 1 amide bonds. The minimum absolute atomic E-state index is 0.0475. The highest BCUT2D eigenvalue weighted by Gasteiger charge is 2.25. The number of nitrogens with zero attached hydrogens (tertiary/aromatic N) is 6. The lowest BCUT2D eigenvalue weighted by molar-refractivity contribution is 0.0940. The molecule has 2 N–H and O–H groups in total. The number of H-pyrrole nitrogens is 1. The average molecular weight is 420 g/mol. The van der Waals surface area contributed by atoms with Crippen molar-refractivity contribution in [2.24, 2.45) is 0 Å². The monoisotopic (exact) mass is 420 g/mol. The van der Waals surface area contributed by atoms with Crippen molar-refractivity contribution in [1.82, 2.24) is 34.7 Å². The highest BCUT2D eigenvalue weighted by molar-refractivity contribution is 5.97. The Kier molecular flexibility index (Phi) is 4.50. The Morgan fingerprint density at radius 1 is 1.26 bits per heavy atom. The summed E-state index contributed by atoms with van der Waals surface area (Å²) >= 11 is 0. The van der Waals surface area contributed by atoms with Crippen LogP contribution in [-0.2, 0) is 6.54 Å². The first-order valence-corrected chi connectivity index (χ1v) is 10.0. The van der Waals surface area contributed by atoms with Crippen molar-refractivity contribution in [2.75, 3.05) is 18.0 Å². The predicted octanol–water partition coefficient (Wildman–Crippen LogP) is 0.156. The SMILES string of the molecule is CCn1c(=O)[nH]c2cc(C(=O)NC3CCN(c4ccc5nncn5n4)C3)ccc2c1=O. The van der Waals surface area contributed by atoms with Crippen molar-refractivity contribution in [3.8, 4) is 0 Å². The van der Waals surface area contributed by atoms with Crippen LogP contribution in [0.3, 0.4) is 0 Å². The number of hydrogen-bond donors (Lipinski definition) is 2. The van der Waals surface area contributed by atoms with Crippen LogP contribution in [0.4, 0.5) is 5.82 Å². The van der Waals surface area contributed by atoms with Gasteiger partial charge in [0.25, 0.3) is 11.5 Å². The lowest BCUT2D eigenvalue weighted by Crippen LogP contribution is -2.37. The third-order valence-corrected chi connectivity index (χ3v) is 5.56. The van der Waals surface area contributed by atoms with Gasteiger partial charge in [-0.1, -0.05) is 0 Å². The maximum atomic E-state index is 12.8. The van der Waals surface area contributed by atoms with Crippen LogP contribution in [0.5, 0.6) is 0 Å². The van der Waals surface area contributed by atoms with E-state index >= 15 is 0 Å². The molecular formula is C20H20N8O3. The second-order valence-corrected chi connectivity index (χ2v) is 7.47. The maximum absolute atomic E-state index is 12.8. The van der Waals surface area contributed by atoms with E-state index in [4.69, 9.17) is 0 Å². The van der Waals surface area contributed by atoms with Crippen LogP contribution >= 0.6 is 0 Å². The summed E-state index contributed by atoms with van der Waals surface area (Å²) in [6, 6.07) is 8.41. The second kappa shape index (κ2) is 7.35. The molecule has 1 fully saturated rings. The van der Waals surface area contributed by atoms with Gasteiger partial charge in [0.2, 0.25) is 0 Å². The van der Waals surface area contributed by atoms with Crippen molar-refractivity contribution in [3.05, 3.63) is 63.1 Å². The maximum Gasteiger partial charge on any atom is 0.328 e.